The number of nitrogens with zero attached hydrogens (tertiary/aromatic N) is 1. The second-order valence-corrected chi connectivity index (χ2v) is 4.57. The molecule has 0 saturated heterocycles. The van der Waals surface area contributed by atoms with Gasteiger partial charge in [0.2, 0.25) is 0 Å². The Kier molecular flexibility index (Phi) is 6.19. The molecule has 6 heteroatoms. The number of ether oxygens (including phenoxy) is 2. The minimum absolute atomic E-state index is 0.151. The van der Waals surface area contributed by atoms with Crippen LogP contribution in [0, 0.1) is 18.3 Å². The van der Waals surface area contributed by atoms with Crippen LogP contribution in [0.5, 0.6) is 0 Å². The van der Waals surface area contributed by atoms with E-state index in [0.29, 0.717) is 11.1 Å². The van der Waals surface area contributed by atoms with E-state index in [2.05, 4.69) is 0 Å². The van der Waals surface area contributed by atoms with E-state index in [0.717, 1.165) is 0 Å². The first-order valence-electron chi connectivity index (χ1n) is 6.50. The average Bonchev–Trinajstić information content (AvgIpc) is 2.44. The molecule has 0 N–H and O–H groups in total. The minimum atomic E-state index is -1.20. The topological polar surface area (TPSA) is 76.4 Å². The van der Waals surface area contributed by atoms with Crippen molar-refractivity contribution < 1.29 is 19.1 Å². The highest BCUT2D eigenvalue weighted by Gasteiger charge is 2.33. The van der Waals surface area contributed by atoms with E-state index in [1.165, 1.54) is 12.1 Å². The molecule has 0 fully saturated rings. The first-order chi connectivity index (χ1) is 9.97. The van der Waals surface area contributed by atoms with Gasteiger partial charge in [0.15, 0.2) is 5.92 Å². The standard InChI is InChI=1S/C15H16ClNO4/c1-4-20-14(18)12(15(19)21-5-2)11-7-6-10(8-17)13(16)9(11)3/h6-7,12H,4-5H2,1-3H3. The van der Waals surface area contributed by atoms with Crippen molar-refractivity contribution in [3.63, 3.8) is 0 Å². The second kappa shape index (κ2) is 7.65. The molecule has 0 unspecified atom stereocenters. The van der Waals surface area contributed by atoms with Gasteiger partial charge in [0, 0.05) is 0 Å². The van der Waals surface area contributed by atoms with Gasteiger partial charge in [-0.25, -0.2) is 0 Å². The molecule has 0 radical (unpaired) electrons. The predicted molar refractivity (Wildman–Crippen MR) is 76.9 cm³/mol. The highest BCUT2D eigenvalue weighted by Crippen LogP contribution is 2.30. The Labute approximate surface area is 128 Å². The number of benzene rings is 1. The maximum Gasteiger partial charge on any atom is 0.324 e. The molecule has 0 aliphatic heterocycles. The largest absolute Gasteiger partial charge is 0.465 e. The number of esters is 2. The number of carbonyl (C=O) groups is 2. The summed E-state index contributed by atoms with van der Waals surface area (Å²) >= 11 is 6.08. The van der Waals surface area contributed by atoms with Crippen LogP contribution in [0.2, 0.25) is 5.02 Å². The van der Waals surface area contributed by atoms with Gasteiger partial charge in [0.25, 0.3) is 0 Å². The second-order valence-electron chi connectivity index (χ2n) is 4.19. The number of carbonyl (C=O) groups excluding carboxylic acids is 2. The normalized spacial score (nSPS) is 10.1. The van der Waals surface area contributed by atoms with E-state index < -0.39 is 17.9 Å². The lowest BCUT2D eigenvalue weighted by atomic mass is 9.93. The van der Waals surface area contributed by atoms with Gasteiger partial charge in [-0.1, -0.05) is 17.7 Å². The smallest absolute Gasteiger partial charge is 0.324 e. The Balaban J connectivity index is 3.33. The lowest BCUT2D eigenvalue weighted by Gasteiger charge is -2.17. The van der Waals surface area contributed by atoms with Gasteiger partial charge < -0.3 is 9.47 Å². The summed E-state index contributed by atoms with van der Waals surface area (Å²) in [7, 11) is 0. The van der Waals surface area contributed by atoms with Gasteiger partial charge in [-0.2, -0.15) is 5.26 Å². The summed E-state index contributed by atoms with van der Waals surface area (Å²) in [4.78, 5) is 24.1. The van der Waals surface area contributed by atoms with Crippen LogP contribution in [-0.2, 0) is 19.1 Å². The third-order valence-corrected chi connectivity index (χ3v) is 3.39. The van der Waals surface area contributed by atoms with Crippen LogP contribution in [0.3, 0.4) is 0 Å². The molecule has 0 heterocycles. The van der Waals surface area contributed by atoms with Crippen LogP contribution in [0.4, 0.5) is 0 Å². The summed E-state index contributed by atoms with van der Waals surface area (Å²) in [5.74, 6) is -2.59. The van der Waals surface area contributed by atoms with Crippen molar-refractivity contribution in [2.45, 2.75) is 26.7 Å². The molecule has 0 aliphatic carbocycles. The molecule has 5 nitrogen and oxygen atoms in total. The van der Waals surface area contributed by atoms with Gasteiger partial charge in [-0.05, 0) is 38.0 Å². The number of hydrogen-bond donors (Lipinski definition) is 0. The maximum absolute atomic E-state index is 12.0. The summed E-state index contributed by atoms with van der Waals surface area (Å²) in [5.41, 5.74) is 1.15. The Bertz CT molecular complexity index is 574. The van der Waals surface area contributed by atoms with Crippen LogP contribution in [0.15, 0.2) is 12.1 Å². The summed E-state index contributed by atoms with van der Waals surface area (Å²) < 4.78 is 9.86. The highest BCUT2D eigenvalue weighted by molar-refractivity contribution is 6.32. The van der Waals surface area contributed by atoms with Crippen molar-refractivity contribution in [2.24, 2.45) is 0 Å². The van der Waals surface area contributed by atoms with Gasteiger partial charge in [-0.3, -0.25) is 9.59 Å². The highest BCUT2D eigenvalue weighted by atomic mass is 35.5. The zero-order valence-corrected chi connectivity index (χ0v) is 12.9. The zero-order valence-electron chi connectivity index (χ0n) is 12.1. The molecule has 0 aliphatic rings. The molecule has 0 saturated carbocycles. The molecular formula is C15H16ClNO4. The number of hydrogen-bond acceptors (Lipinski definition) is 5. The lowest BCUT2D eigenvalue weighted by molar-refractivity contribution is -0.156. The van der Waals surface area contributed by atoms with E-state index in [4.69, 9.17) is 26.3 Å². The van der Waals surface area contributed by atoms with Crippen molar-refractivity contribution >= 4 is 23.5 Å². The first kappa shape index (κ1) is 17.0. The fraction of sp³-hybridized carbons (Fsp3) is 0.400. The average molecular weight is 310 g/mol. The Morgan fingerprint density at radius 1 is 1.24 bits per heavy atom. The number of nitriles is 1. The van der Waals surface area contributed by atoms with E-state index in [1.807, 2.05) is 6.07 Å². The molecular weight excluding hydrogens is 294 g/mol. The van der Waals surface area contributed by atoms with Gasteiger partial charge in [-0.15, -0.1) is 0 Å². The number of halogens is 1. The van der Waals surface area contributed by atoms with Crippen molar-refractivity contribution in [3.8, 4) is 6.07 Å². The molecule has 1 aromatic carbocycles. The molecule has 0 spiro atoms. The third kappa shape index (κ3) is 3.73. The predicted octanol–water partition coefficient (Wildman–Crippen LogP) is 2.73. The van der Waals surface area contributed by atoms with Crippen molar-refractivity contribution in [1.29, 1.82) is 5.26 Å². The van der Waals surface area contributed by atoms with E-state index in [-0.39, 0.29) is 23.8 Å². The summed E-state index contributed by atoms with van der Waals surface area (Å²) in [6.07, 6.45) is 0. The first-order valence-corrected chi connectivity index (χ1v) is 6.88. The molecule has 1 rings (SSSR count). The zero-order chi connectivity index (χ0) is 16.0. The molecule has 112 valence electrons. The fourth-order valence-electron chi connectivity index (χ4n) is 1.90. The van der Waals surface area contributed by atoms with Crippen LogP contribution < -0.4 is 0 Å². The van der Waals surface area contributed by atoms with Gasteiger partial charge in [0.05, 0.1) is 23.8 Å². The SMILES string of the molecule is CCOC(=O)C(C(=O)OCC)c1ccc(C#N)c(Cl)c1C. The quantitative estimate of drug-likeness (QED) is 0.617. The Morgan fingerprint density at radius 2 is 1.76 bits per heavy atom. The van der Waals surface area contributed by atoms with Crippen LogP contribution >= 0.6 is 11.6 Å². The van der Waals surface area contributed by atoms with Crippen LogP contribution in [-0.4, -0.2) is 25.2 Å². The summed E-state index contributed by atoms with van der Waals surface area (Å²) in [6, 6.07) is 4.94. The van der Waals surface area contributed by atoms with Crippen molar-refractivity contribution in [1.82, 2.24) is 0 Å². The van der Waals surface area contributed by atoms with E-state index in [1.54, 1.807) is 20.8 Å². The fourth-order valence-corrected chi connectivity index (χ4v) is 2.11. The molecule has 0 amide bonds. The van der Waals surface area contributed by atoms with Gasteiger partial charge in [0.1, 0.15) is 6.07 Å². The molecule has 21 heavy (non-hydrogen) atoms. The van der Waals surface area contributed by atoms with E-state index >= 15 is 0 Å². The van der Waals surface area contributed by atoms with Crippen molar-refractivity contribution in [3.05, 3.63) is 33.8 Å². The Morgan fingerprint density at radius 3 is 2.19 bits per heavy atom. The molecule has 0 bridgehead atoms. The lowest BCUT2D eigenvalue weighted by Crippen LogP contribution is -2.27. The summed E-state index contributed by atoms with van der Waals surface area (Å²) in [5, 5.41) is 9.16. The number of rotatable bonds is 5. The van der Waals surface area contributed by atoms with Gasteiger partial charge >= 0.3 is 11.9 Å². The van der Waals surface area contributed by atoms with E-state index in [9.17, 15) is 9.59 Å². The molecule has 0 aromatic heterocycles. The maximum atomic E-state index is 12.0. The van der Waals surface area contributed by atoms with Crippen LogP contribution in [0.25, 0.3) is 0 Å². The molecule has 1 aromatic rings. The minimum Gasteiger partial charge on any atom is -0.465 e. The Hall–Kier alpha value is -2.06. The van der Waals surface area contributed by atoms with Crippen LogP contribution in [0.1, 0.15) is 36.5 Å². The monoisotopic (exact) mass is 309 g/mol. The third-order valence-electron chi connectivity index (χ3n) is 2.90. The summed E-state index contributed by atoms with van der Waals surface area (Å²) in [6.45, 7) is 5.25. The van der Waals surface area contributed by atoms with Crippen molar-refractivity contribution in [2.75, 3.05) is 13.2 Å². The molecule has 0 atom stereocenters.